The average molecular weight is 410 g/mol. The van der Waals surface area contributed by atoms with Gasteiger partial charge in [0.1, 0.15) is 29.5 Å². The van der Waals surface area contributed by atoms with Gasteiger partial charge in [0.25, 0.3) is 0 Å². The van der Waals surface area contributed by atoms with Gasteiger partial charge < -0.3 is 14.3 Å². The van der Waals surface area contributed by atoms with E-state index in [9.17, 15) is 9.18 Å². The lowest BCUT2D eigenvalue weighted by molar-refractivity contribution is -0.136. The van der Waals surface area contributed by atoms with Crippen molar-refractivity contribution in [3.8, 4) is 5.75 Å². The van der Waals surface area contributed by atoms with E-state index in [-0.39, 0.29) is 18.8 Å². The normalized spacial score (nSPS) is 14.5. The summed E-state index contributed by atoms with van der Waals surface area (Å²) in [4.78, 5) is 10.9. The van der Waals surface area contributed by atoms with Crippen molar-refractivity contribution in [1.29, 1.82) is 0 Å². The molecule has 0 radical (unpaired) electrons. The lowest BCUT2D eigenvalue weighted by atomic mass is 9.99. The van der Waals surface area contributed by atoms with Crippen LogP contribution in [-0.4, -0.2) is 11.1 Å². The Morgan fingerprint density at radius 2 is 1.90 bits per heavy atom. The molecule has 30 heavy (non-hydrogen) atoms. The molecule has 1 aliphatic carbocycles. The topological polar surface area (TPSA) is 59.7 Å². The minimum Gasteiger partial charge on any atom is -0.488 e. The first-order valence-electron chi connectivity index (χ1n) is 10.6. The predicted molar refractivity (Wildman–Crippen MR) is 114 cm³/mol. The largest absolute Gasteiger partial charge is 0.488 e. The fourth-order valence-electron chi connectivity index (χ4n) is 4.40. The summed E-state index contributed by atoms with van der Waals surface area (Å²) in [6.45, 7) is 4.14. The molecule has 2 aromatic carbocycles. The van der Waals surface area contributed by atoms with E-state index in [4.69, 9.17) is 14.3 Å². The standard InChI is InChI=1S/C25H27FO4/c1-15-16(2)22(9-7-17(15)8-10-24(27)28)29-14-20-12-21(26)11-19-13-23(30-25(19)20)18-5-3-4-6-18/h7,9,11-13,18H,3-6,8,10,14H2,1-2H3,(H,27,28). The highest BCUT2D eigenvalue weighted by Gasteiger charge is 2.22. The smallest absolute Gasteiger partial charge is 0.303 e. The third kappa shape index (κ3) is 4.20. The molecule has 1 fully saturated rings. The Balaban J connectivity index is 1.56. The maximum Gasteiger partial charge on any atom is 0.303 e. The molecule has 1 N–H and O–H groups in total. The van der Waals surface area contributed by atoms with Gasteiger partial charge in [0.05, 0.1) is 0 Å². The number of carboxylic acids is 1. The fraction of sp³-hybridized carbons (Fsp3) is 0.400. The summed E-state index contributed by atoms with van der Waals surface area (Å²) >= 11 is 0. The second-order valence-corrected chi connectivity index (χ2v) is 8.27. The Morgan fingerprint density at radius 3 is 2.63 bits per heavy atom. The van der Waals surface area contributed by atoms with Crippen LogP contribution in [0.25, 0.3) is 11.0 Å². The molecule has 4 rings (SSSR count). The van der Waals surface area contributed by atoms with Crippen molar-refractivity contribution in [3.05, 3.63) is 64.2 Å². The maximum absolute atomic E-state index is 14.2. The van der Waals surface area contributed by atoms with Crippen molar-refractivity contribution in [2.45, 2.75) is 64.9 Å². The van der Waals surface area contributed by atoms with Crippen molar-refractivity contribution in [2.24, 2.45) is 0 Å². The van der Waals surface area contributed by atoms with Crippen LogP contribution in [0.4, 0.5) is 4.39 Å². The van der Waals surface area contributed by atoms with Gasteiger partial charge >= 0.3 is 5.97 Å². The van der Waals surface area contributed by atoms with Crippen molar-refractivity contribution in [2.75, 3.05) is 0 Å². The van der Waals surface area contributed by atoms with Crippen LogP contribution in [0, 0.1) is 19.7 Å². The highest BCUT2D eigenvalue weighted by atomic mass is 19.1. The minimum atomic E-state index is -0.807. The van der Waals surface area contributed by atoms with Crippen molar-refractivity contribution in [3.63, 3.8) is 0 Å². The molecule has 0 spiro atoms. The van der Waals surface area contributed by atoms with E-state index in [1.54, 1.807) is 0 Å². The summed E-state index contributed by atoms with van der Waals surface area (Å²) < 4.78 is 26.4. The average Bonchev–Trinajstić information content (AvgIpc) is 3.37. The molecule has 4 nitrogen and oxygen atoms in total. The zero-order chi connectivity index (χ0) is 21.3. The summed E-state index contributed by atoms with van der Waals surface area (Å²) in [5, 5.41) is 9.70. The highest BCUT2D eigenvalue weighted by molar-refractivity contribution is 5.81. The maximum atomic E-state index is 14.2. The van der Waals surface area contributed by atoms with Crippen LogP contribution in [0.2, 0.25) is 0 Å². The summed E-state index contributed by atoms with van der Waals surface area (Å²) in [5.74, 6) is 0.989. The van der Waals surface area contributed by atoms with Gasteiger partial charge in [-0.25, -0.2) is 4.39 Å². The van der Waals surface area contributed by atoms with Crippen molar-refractivity contribution in [1.82, 2.24) is 0 Å². The number of halogens is 1. The van der Waals surface area contributed by atoms with Crippen LogP contribution in [0.1, 0.15) is 66.0 Å². The number of benzene rings is 2. The Hall–Kier alpha value is -2.82. The molecule has 0 atom stereocenters. The van der Waals surface area contributed by atoms with E-state index >= 15 is 0 Å². The third-order valence-corrected chi connectivity index (χ3v) is 6.28. The number of aryl methyl sites for hydroxylation is 1. The van der Waals surface area contributed by atoms with E-state index in [1.165, 1.54) is 25.0 Å². The summed E-state index contributed by atoms with van der Waals surface area (Å²) in [6, 6.07) is 8.75. The van der Waals surface area contributed by atoms with Gasteiger partial charge in [0, 0.05) is 23.3 Å². The van der Waals surface area contributed by atoms with E-state index in [1.807, 2.05) is 32.0 Å². The number of aliphatic carboxylic acids is 1. The number of rotatable bonds is 7. The second-order valence-electron chi connectivity index (χ2n) is 8.27. The molecule has 0 saturated heterocycles. The molecular formula is C25H27FO4. The quantitative estimate of drug-likeness (QED) is 0.487. The number of hydrogen-bond acceptors (Lipinski definition) is 3. The van der Waals surface area contributed by atoms with E-state index in [2.05, 4.69) is 0 Å². The van der Waals surface area contributed by atoms with E-state index < -0.39 is 5.97 Å². The molecule has 5 heteroatoms. The Labute approximate surface area is 175 Å². The van der Waals surface area contributed by atoms with Crippen molar-refractivity contribution >= 4 is 16.9 Å². The van der Waals surface area contributed by atoms with Crippen LogP contribution in [-0.2, 0) is 17.8 Å². The van der Waals surface area contributed by atoms with E-state index in [0.717, 1.165) is 40.7 Å². The number of hydrogen-bond donors (Lipinski definition) is 1. The molecule has 0 bridgehead atoms. The zero-order valence-electron chi connectivity index (χ0n) is 17.5. The van der Waals surface area contributed by atoms with E-state index in [0.29, 0.717) is 29.2 Å². The molecule has 1 heterocycles. The van der Waals surface area contributed by atoms with Gasteiger partial charge in [-0.15, -0.1) is 0 Å². The monoisotopic (exact) mass is 410 g/mol. The first-order chi connectivity index (χ1) is 14.4. The van der Waals surface area contributed by atoms with Gasteiger partial charge in [-0.1, -0.05) is 18.9 Å². The fourth-order valence-corrected chi connectivity index (χ4v) is 4.40. The number of ether oxygens (including phenoxy) is 1. The molecular weight excluding hydrogens is 383 g/mol. The third-order valence-electron chi connectivity index (χ3n) is 6.28. The summed E-state index contributed by atoms with van der Waals surface area (Å²) in [7, 11) is 0. The molecule has 1 saturated carbocycles. The predicted octanol–water partition coefficient (Wildman–Crippen LogP) is 6.44. The first-order valence-corrected chi connectivity index (χ1v) is 10.6. The van der Waals surface area contributed by atoms with Gasteiger partial charge in [-0.05, 0) is 74.1 Å². The van der Waals surface area contributed by atoms with Gasteiger partial charge in [-0.2, -0.15) is 0 Å². The summed E-state index contributed by atoms with van der Waals surface area (Å²) in [6.07, 6.45) is 5.27. The van der Waals surface area contributed by atoms with Crippen LogP contribution in [0.5, 0.6) is 5.75 Å². The molecule has 158 valence electrons. The lowest BCUT2D eigenvalue weighted by Gasteiger charge is -2.14. The highest BCUT2D eigenvalue weighted by Crippen LogP contribution is 2.38. The number of fused-ring (bicyclic) bond motifs is 1. The van der Waals surface area contributed by atoms with Crippen LogP contribution in [0.15, 0.2) is 34.7 Å². The van der Waals surface area contributed by atoms with Crippen molar-refractivity contribution < 1.29 is 23.4 Å². The first kappa shape index (κ1) is 20.5. The SMILES string of the molecule is Cc1c(CCC(=O)O)ccc(OCc2cc(F)cc3cc(C4CCCC4)oc23)c1C. The van der Waals surface area contributed by atoms with Crippen LogP contribution in [0.3, 0.4) is 0 Å². The Kier molecular flexibility index (Phi) is 5.80. The van der Waals surface area contributed by atoms with Gasteiger partial charge in [-0.3, -0.25) is 4.79 Å². The molecule has 1 aliphatic rings. The second kappa shape index (κ2) is 8.50. The molecule has 3 aromatic rings. The van der Waals surface area contributed by atoms with Crippen LogP contribution >= 0.6 is 0 Å². The Bertz CT molecular complexity index is 1080. The summed E-state index contributed by atoms with van der Waals surface area (Å²) in [5.41, 5.74) is 4.39. The molecule has 0 unspecified atom stereocenters. The number of furan rings is 1. The van der Waals surface area contributed by atoms with Crippen LogP contribution < -0.4 is 4.74 Å². The number of carboxylic acid groups (broad SMARTS) is 1. The molecule has 0 aliphatic heterocycles. The number of carbonyl (C=O) groups is 1. The van der Waals surface area contributed by atoms with Gasteiger partial charge in [0.15, 0.2) is 0 Å². The van der Waals surface area contributed by atoms with Gasteiger partial charge in [0.2, 0.25) is 0 Å². The minimum absolute atomic E-state index is 0.101. The molecule has 0 amide bonds. The zero-order valence-corrected chi connectivity index (χ0v) is 17.5. The lowest BCUT2D eigenvalue weighted by Crippen LogP contribution is -2.03. The Morgan fingerprint density at radius 1 is 1.13 bits per heavy atom. The molecule has 1 aromatic heterocycles.